The van der Waals surface area contributed by atoms with E-state index in [0.29, 0.717) is 0 Å². The highest BCUT2D eigenvalue weighted by molar-refractivity contribution is 5.87. The first-order chi connectivity index (χ1) is 10.3. The average molecular weight is 285 g/mol. The van der Waals surface area contributed by atoms with E-state index < -0.39 is 0 Å². The van der Waals surface area contributed by atoms with Crippen LogP contribution in [0.4, 0.5) is 0 Å². The van der Waals surface area contributed by atoms with Crippen LogP contribution in [0.15, 0.2) is 30.5 Å². The molecule has 2 nitrogen and oxygen atoms in total. The van der Waals surface area contributed by atoms with Crippen molar-refractivity contribution in [2.45, 2.75) is 58.8 Å². The normalized spacial score (nSPS) is 11.0. The molecule has 0 aliphatic rings. The Bertz CT molecular complexity index is 550. The Labute approximate surface area is 128 Å². The van der Waals surface area contributed by atoms with Crippen LogP contribution in [-0.2, 0) is 0 Å². The summed E-state index contributed by atoms with van der Waals surface area (Å²) < 4.78 is 5.94. The van der Waals surface area contributed by atoms with E-state index in [1.807, 2.05) is 18.3 Å². The van der Waals surface area contributed by atoms with Gasteiger partial charge in [-0.15, -0.1) is 0 Å². The Morgan fingerprint density at radius 3 is 2.52 bits per heavy atom. The third-order valence-electron chi connectivity index (χ3n) is 3.96. The number of hydrogen-bond donors (Lipinski definition) is 0. The van der Waals surface area contributed by atoms with E-state index in [1.165, 1.54) is 49.5 Å². The number of pyridine rings is 1. The molecule has 2 rings (SSSR count). The monoisotopic (exact) mass is 285 g/mol. The van der Waals surface area contributed by atoms with Crippen molar-refractivity contribution in [3.05, 3.63) is 36.0 Å². The fourth-order valence-electron chi connectivity index (χ4n) is 2.65. The zero-order valence-corrected chi connectivity index (χ0v) is 13.4. The summed E-state index contributed by atoms with van der Waals surface area (Å²) in [4.78, 5) is 4.47. The second kappa shape index (κ2) is 8.66. The summed E-state index contributed by atoms with van der Waals surface area (Å²) in [6.07, 6.45) is 11.0. The van der Waals surface area contributed by atoms with Crippen LogP contribution in [0, 0.1) is 6.92 Å². The molecular weight excluding hydrogens is 258 g/mol. The smallest absolute Gasteiger partial charge is 0.145 e. The number of aryl methyl sites for hydroxylation is 1. The molecule has 0 radical (unpaired) electrons. The first kappa shape index (κ1) is 15.8. The SMILES string of the molecule is CCCCCCCCCOc1ccc(C)c2cccnc12. The summed E-state index contributed by atoms with van der Waals surface area (Å²) in [5.74, 6) is 0.919. The van der Waals surface area contributed by atoms with Gasteiger partial charge >= 0.3 is 0 Å². The molecule has 21 heavy (non-hydrogen) atoms. The number of hydrogen-bond acceptors (Lipinski definition) is 2. The minimum absolute atomic E-state index is 0.794. The van der Waals surface area contributed by atoms with Crippen LogP contribution >= 0.6 is 0 Å². The summed E-state index contributed by atoms with van der Waals surface area (Å²) in [5.41, 5.74) is 2.24. The highest BCUT2D eigenvalue weighted by Gasteiger charge is 2.05. The molecule has 0 aliphatic heterocycles. The highest BCUT2D eigenvalue weighted by Crippen LogP contribution is 2.26. The van der Waals surface area contributed by atoms with E-state index in [2.05, 4.69) is 31.0 Å². The van der Waals surface area contributed by atoms with Crippen LogP contribution in [0.25, 0.3) is 10.9 Å². The van der Waals surface area contributed by atoms with Gasteiger partial charge in [0, 0.05) is 11.6 Å². The maximum atomic E-state index is 5.94. The fourth-order valence-corrected chi connectivity index (χ4v) is 2.65. The van der Waals surface area contributed by atoms with Gasteiger partial charge in [-0.3, -0.25) is 4.98 Å². The Hall–Kier alpha value is -1.57. The molecule has 2 heteroatoms. The molecule has 2 aromatic rings. The quantitative estimate of drug-likeness (QED) is 0.553. The van der Waals surface area contributed by atoms with Crippen molar-refractivity contribution in [3.8, 4) is 5.75 Å². The van der Waals surface area contributed by atoms with E-state index in [1.54, 1.807) is 0 Å². The molecule has 0 amide bonds. The van der Waals surface area contributed by atoms with Gasteiger partial charge in [0.1, 0.15) is 11.3 Å². The second-order valence-corrected chi connectivity index (χ2v) is 5.75. The Morgan fingerprint density at radius 1 is 0.952 bits per heavy atom. The maximum Gasteiger partial charge on any atom is 0.145 e. The van der Waals surface area contributed by atoms with Gasteiger partial charge in [-0.25, -0.2) is 0 Å². The number of aromatic nitrogens is 1. The largest absolute Gasteiger partial charge is 0.491 e. The van der Waals surface area contributed by atoms with Gasteiger partial charge in [-0.05, 0) is 31.0 Å². The number of fused-ring (bicyclic) bond motifs is 1. The molecule has 0 aliphatic carbocycles. The van der Waals surface area contributed by atoms with Gasteiger partial charge < -0.3 is 4.74 Å². The molecule has 1 aromatic heterocycles. The van der Waals surface area contributed by atoms with Crippen LogP contribution in [0.2, 0.25) is 0 Å². The summed E-state index contributed by atoms with van der Waals surface area (Å²) in [5, 5.41) is 1.19. The molecule has 0 spiro atoms. The van der Waals surface area contributed by atoms with E-state index in [9.17, 15) is 0 Å². The van der Waals surface area contributed by atoms with Crippen LogP contribution in [0.3, 0.4) is 0 Å². The number of ether oxygens (including phenoxy) is 1. The van der Waals surface area contributed by atoms with Crippen molar-refractivity contribution in [3.63, 3.8) is 0 Å². The molecule has 0 N–H and O–H groups in total. The molecule has 114 valence electrons. The predicted octanol–water partition coefficient (Wildman–Crippen LogP) is 5.67. The third kappa shape index (κ3) is 4.73. The van der Waals surface area contributed by atoms with Crippen molar-refractivity contribution in [1.29, 1.82) is 0 Å². The minimum Gasteiger partial charge on any atom is -0.491 e. The van der Waals surface area contributed by atoms with Gasteiger partial charge in [0.25, 0.3) is 0 Å². The lowest BCUT2D eigenvalue weighted by molar-refractivity contribution is 0.307. The van der Waals surface area contributed by atoms with E-state index in [4.69, 9.17) is 4.74 Å². The fraction of sp³-hybridized carbons (Fsp3) is 0.526. The molecule has 0 saturated carbocycles. The Balaban J connectivity index is 1.78. The first-order valence-corrected chi connectivity index (χ1v) is 8.30. The van der Waals surface area contributed by atoms with Crippen molar-refractivity contribution in [1.82, 2.24) is 4.98 Å². The molecular formula is C19H27NO. The van der Waals surface area contributed by atoms with E-state index in [0.717, 1.165) is 24.3 Å². The topological polar surface area (TPSA) is 22.1 Å². The van der Waals surface area contributed by atoms with Crippen molar-refractivity contribution in [2.75, 3.05) is 6.61 Å². The minimum atomic E-state index is 0.794. The molecule has 0 fully saturated rings. The number of nitrogens with zero attached hydrogens (tertiary/aromatic N) is 1. The molecule has 0 bridgehead atoms. The summed E-state index contributed by atoms with van der Waals surface area (Å²) >= 11 is 0. The van der Waals surface area contributed by atoms with Crippen LogP contribution in [0.1, 0.15) is 57.4 Å². The molecule has 1 aromatic carbocycles. The predicted molar refractivity (Wildman–Crippen MR) is 90.0 cm³/mol. The van der Waals surface area contributed by atoms with Gasteiger partial charge in [-0.1, -0.05) is 57.6 Å². The average Bonchev–Trinajstić information content (AvgIpc) is 2.52. The first-order valence-electron chi connectivity index (χ1n) is 8.30. The van der Waals surface area contributed by atoms with Crippen molar-refractivity contribution >= 4 is 10.9 Å². The lowest BCUT2D eigenvalue weighted by Crippen LogP contribution is -1.99. The Morgan fingerprint density at radius 2 is 1.71 bits per heavy atom. The van der Waals surface area contributed by atoms with Crippen LogP contribution in [0.5, 0.6) is 5.75 Å². The zero-order chi connectivity index (χ0) is 14.9. The molecule has 1 heterocycles. The van der Waals surface area contributed by atoms with Gasteiger partial charge in [0.05, 0.1) is 6.61 Å². The van der Waals surface area contributed by atoms with Crippen LogP contribution in [-0.4, -0.2) is 11.6 Å². The second-order valence-electron chi connectivity index (χ2n) is 5.75. The van der Waals surface area contributed by atoms with E-state index >= 15 is 0 Å². The number of rotatable bonds is 9. The Kier molecular flexibility index (Phi) is 6.52. The molecule has 0 unspecified atom stereocenters. The third-order valence-corrected chi connectivity index (χ3v) is 3.96. The number of unbranched alkanes of at least 4 members (excludes halogenated alkanes) is 6. The van der Waals surface area contributed by atoms with Crippen molar-refractivity contribution < 1.29 is 4.74 Å². The van der Waals surface area contributed by atoms with Crippen LogP contribution < -0.4 is 4.74 Å². The number of benzene rings is 1. The lowest BCUT2D eigenvalue weighted by atomic mass is 10.1. The highest BCUT2D eigenvalue weighted by atomic mass is 16.5. The summed E-state index contributed by atoms with van der Waals surface area (Å²) in [7, 11) is 0. The molecule has 0 saturated heterocycles. The lowest BCUT2D eigenvalue weighted by Gasteiger charge is -2.10. The van der Waals surface area contributed by atoms with E-state index in [-0.39, 0.29) is 0 Å². The standard InChI is InChI=1S/C19H27NO/c1-3-4-5-6-7-8-9-15-21-18-13-12-16(2)17-11-10-14-20-19(17)18/h10-14H,3-9,15H2,1-2H3. The van der Waals surface area contributed by atoms with Gasteiger partial charge in [0.15, 0.2) is 0 Å². The maximum absolute atomic E-state index is 5.94. The van der Waals surface area contributed by atoms with Gasteiger partial charge in [0.2, 0.25) is 0 Å². The molecule has 0 atom stereocenters. The summed E-state index contributed by atoms with van der Waals surface area (Å²) in [6.45, 7) is 5.17. The zero-order valence-electron chi connectivity index (χ0n) is 13.4. The van der Waals surface area contributed by atoms with Gasteiger partial charge in [-0.2, -0.15) is 0 Å². The summed E-state index contributed by atoms with van der Waals surface area (Å²) in [6, 6.07) is 8.25. The van der Waals surface area contributed by atoms with Crippen molar-refractivity contribution in [2.24, 2.45) is 0 Å².